The van der Waals surface area contributed by atoms with Crippen molar-refractivity contribution in [3.63, 3.8) is 0 Å². The molecule has 0 amide bonds. The van der Waals surface area contributed by atoms with Gasteiger partial charge in [-0.1, -0.05) is 6.92 Å². The molecule has 0 atom stereocenters. The molecule has 1 aliphatic carbocycles. The number of ether oxygens (including phenoxy) is 1. The topological polar surface area (TPSA) is 51.6 Å². The fourth-order valence-corrected chi connectivity index (χ4v) is 2.43. The standard InChI is InChI=1S/C17H22N2O2/c1-2-9-21-17-11-14(7-8-16(17)18)19(13-5-6-13)12-15-4-3-10-20-15/h3-4,7-8,10-11,13H,2,5-6,9,12,18H2,1H3. The van der Waals surface area contributed by atoms with Gasteiger partial charge in [0.2, 0.25) is 0 Å². The summed E-state index contributed by atoms with van der Waals surface area (Å²) in [5.41, 5.74) is 7.84. The van der Waals surface area contributed by atoms with Gasteiger partial charge in [-0.25, -0.2) is 0 Å². The number of hydrogen-bond acceptors (Lipinski definition) is 4. The van der Waals surface area contributed by atoms with Gasteiger partial charge < -0.3 is 19.8 Å². The molecule has 1 heterocycles. The monoisotopic (exact) mass is 286 g/mol. The van der Waals surface area contributed by atoms with E-state index in [1.165, 1.54) is 12.8 Å². The van der Waals surface area contributed by atoms with E-state index in [9.17, 15) is 0 Å². The zero-order valence-electron chi connectivity index (χ0n) is 12.4. The summed E-state index contributed by atoms with van der Waals surface area (Å²) in [6.45, 7) is 3.57. The van der Waals surface area contributed by atoms with Crippen LogP contribution in [0, 0.1) is 0 Å². The minimum Gasteiger partial charge on any atom is -0.491 e. The first-order valence-electron chi connectivity index (χ1n) is 7.59. The lowest BCUT2D eigenvalue weighted by Crippen LogP contribution is -2.24. The van der Waals surface area contributed by atoms with Crippen LogP contribution in [-0.2, 0) is 6.54 Å². The van der Waals surface area contributed by atoms with E-state index in [-0.39, 0.29) is 0 Å². The molecule has 1 aromatic carbocycles. The second kappa shape index (κ2) is 6.12. The van der Waals surface area contributed by atoms with Crippen molar-refractivity contribution in [2.45, 2.75) is 38.8 Å². The van der Waals surface area contributed by atoms with Crippen molar-refractivity contribution in [2.24, 2.45) is 0 Å². The number of nitrogen functional groups attached to an aromatic ring is 1. The van der Waals surface area contributed by atoms with Gasteiger partial charge in [-0.05, 0) is 43.5 Å². The summed E-state index contributed by atoms with van der Waals surface area (Å²) in [6.07, 6.45) is 5.16. The summed E-state index contributed by atoms with van der Waals surface area (Å²) in [5, 5.41) is 0. The van der Waals surface area contributed by atoms with Crippen LogP contribution in [0.25, 0.3) is 0 Å². The third-order valence-corrected chi connectivity index (χ3v) is 3.68. The number of nitrogens with zero attached hydrogens (tertiary/aromatic N) is 1. The second-order valence-electron chi connectivity index (χ2n) is 5.51. The molecule has 4 nitrogen and oxygen atoms in total. The SMILES string of the molecule is CCCOc1cc(N(Cc2ccco2)C2CC2)ccc1N. The first-order valence-corrected chi connectivity index (χ1v) is 7.59. The highest BCUT2D eigenvalue weighted by atomic mass is 16.5. The molecule has 21 heavy (non-hydrogen) atoms. The van der Waals surface area contributed by atoms with Crippen LogP contribution in [0.2, 0.25) is 0 Å². The molecule has 1 aromatic heterocycles. The van der Waals surface area contributed by atoms with Crippen molar-refractivity contribution in [1.82, 2.24) is 0 Å². The first kappa shape index (κ1) is 13.9. The quantitative estimate of drug-likeness (QED) is 0.786. The minimum atomic E-state index is 0.595. The van der Waals surface area contributed by atoms with Gasteiger partial charge in [0, 0.05) is 17.8 Å². The van der Waals surface area contributed by atoms with E-state index in [0.29, 0.717) is 18.3 Å². The Labute approximate surface area is 125 Å². The van der Waals surface area contributed by atoms with Crippen molar-refractivity contribution in [3.8, 4) is 5.75 Å². The lowest BCUT2D eigenvalue weighted by molar-refractivity contribution is 0.319. The summed E-state index contributed by atoms with van der Waals surface area (Å²) < 4.78 is 11.2. The number of benzene rings is 1. The normalized spacial score (nSPS) is 14.1. The zero-order chi connectivity index (χ0) is 14.7. The van der Waals surface area contributed by atoms with E-state index in [0.717, 1.165) is 30.2 Å². The molecule has 1 fully saturated rings. The second-order valence-corrected chi connectivity index (χ2v) is 5.51. The van der Waals surface area contributed by atoms with Crippen LogP contribution in [0.1, 0.15) is 31.9 Å². The molecule has 0 unspecified atom stereocenters. The molecular weight excluding hydrogens is 264 g/mol. The van der Waals surface area contributed by atoms with E-state index >= 15 is 0 Å². The summed E-state index contributed by atoms with van der Waals surface area (Å²) in [6, 6.07) is 10.6. The Balaban J connectivity index is 1.81. The Bertz CT molecular complexity index is 576. The highest BCUT2D eigenvalue weighted by Gasteiger charge is 2.30. The van der Waals surface area contributed by atoms with Crippen molar-refractivity contribution < 1.29 is 9.15 Å². The predicted molar refractivity (Wildman–Crippen MR) is 84.6 cm³/mol. The Morgan fingerprint density at radius 3 is 2.86 bits per heavy atom. The molecule has 0 saturated heterocycles. The van der Waals surface area contributed by atoms with Gasteiger partial charge in [0.15, 0.2) is 0 Å². The Morgan fingerprint density at radius 1 is 1.33 bits per heavy atom. The van der Waals surface area contributed by atoms with Crippen LogP contribution >= 0.6 is 0 Å². The fraction of sp³-hybridized carbons (Fsp3) is 0.412. The highest BCUT2D eigenvalue weighted by molar-refractivity contribution is 5.63. The molecule has 2 aromatic rings. The lowest BCUT2D eigenvalue weighted by Gasteiger charge is -2.24. The third-order valence-electron chi connectivity index (χ3n) is 3.68. The average Bonchev–Trinajstić information content (AvgIpc) is 3.21. The Hall–Kier alpha value is -2.10. The van der Waals surface area contributed by atoms with E-state index < -0.39 is 0 Å². The van der Waals surface area contributed by atoms with Crippen LogP contribution in [0.4, 0.5) is 11.4 Å². The van der Waals surface area contributed by atoms with Crippen molar-refractivity contribution in [1.29, 1.82) is 0 Å². The number of hydrogen-bond donors (Lipinski definition) is 1. The molecule has 0 radical (unpaired) electrons. The maximum atomic E-state index is 6.00. The summed E-state index contributed by atoms with van der Waals surface area (Å²) in [5.74, 6) is 1.76. The molecule has 1 saturated carbocycles. The molecule has 1 aliphatic rings. The molecule has 112 valence electrons. The van der Waals surface area contributed by atoms with Crippen LogP contribution in [0.3, 0.4) is 0 Å². The third kappa shape index (κ3) is 3.32. The summed E-state index contributed by atoms with van der Waals surface area (Å²) >= 11 is 0. The number of nitrogens with two attached hydrogens (primary N) is 1. The maximum Gasteiger partial charge on any atom is 0.144 e. The van der Waals surface area contributed by atoms with Crippen molar-refractivity contribution >= 4 is 11.4 Å². The van der Waals surface area contributed by atoms with E-state index in [1.54, 1.807) is 6.26 Å². The molecule has 3 rings (SSSR count). The number of anilines is 2. The van der Waals surface area contributed by atoms with E-state index in [4.69, 9.17) is 14.9 Å². The summed E-state index contributed by atoms with van der Waals surface area (Å²) in [7, 11) is 0. The molecule has 0 aliphatic heterocycles. The van der Waals surface area contributed by atoms with Crippen LogP contribution in [0.15, 0.2) is 41.0 Å². The van der Waals surface area contributed by atoms with Gasteiger partial charge in [-0.15, -0.1) is 0 Å². The molecular formula is C17H22N2O2. The van der Waals surface area contributed by atoms with Crippen LogP contribution in [0.5, 0.6) is 5.75 Å². The average molecular weight is 286 g/mol. The molecule has 4 heteroatoms. The highest BCUT2D eigenvalue weighted by Crippen LogP contribution is 2.36. The predicted octanol–water partition coefficient (Wildman–Crippen LogP) is 3.82. The van der Waals surface area contributed by atoms with Gasteiger partial charge in [0.1, 0.15) is 11.5 Å². The van der Waals surface area contributed by atoms with Gasteiger partial charge in [0.25, 0.3) is 0 Å². The van der Waals surface area contributed by atoms with E-state index in [1.807, 2.05) is 24.3 Å². The number of rotatable bonds is 7. The molecule has 2 N–H and O–H groups in total. The van der Waals surface area contributed by atoms with Gasteiger partial charge in [-0.2, -0.15) is 0 Å². The van der Waals surface area contributed by atoms with Gasteiger partial charge in [0.05, 0.1) is 25.1 Å². The first-order chi connectivity index (χ1) is 10.3. The van der Waals surface area contributed by atoms with Gasteiger partial charge in [-0.3, -0.25) is 0 Å². The largest absolute Gasteiger partial charge is 0.491 e. The Kier molecular flexibility index (Phi) is 4.04. The van der Waals surface area contributed by atoms with E-state index in [2.05, 4.69) is 17.9 Å². The van der Waals surface area contributed by atoms with Crippen LogP contribution in [-0.4, -0.2) is 12.6 Å². The minimum absolute atomic E-state index is 0.595. The summed E-state index contributed by atoms with van der Waals surface area (Å²) in [4.78, 5) is 2.37. The zero-order valence-corrected chi connectivity index (χ0v) is 12.4. The van der Waals surface area contributed by atoms with Gasteiger partial charge >= 0.3 is 0 Å². The number of furan rings is 1. The molecule has 0 bridgehead atoms. The Morgan fingerprint density at radius 2 is 2.19 bits per heavy atom. The van der Waals surface area contributed by atoms with Crippen molar-refractivity contribution in [3.05, 3.63) is 42.4 Å². The lowest BCUT2D eigenvalue weighted by atomic mass is 10.2. The maximum absolute atomic E-state index is 6.00. The van der Waals surface area contributed by atoms with Crippen LogP contribution < -0.4 is 15.4 Å². The van der Waals surface area contributed by atoms with Crippen molar-refractivity contribution in [2.75, 3.05) is 17.2 Å². The fourth-order valence-electron chi connectivity index (χ4n) is 2.43. The molecule has 0 spiro atoms. The smallest absolute Gasteiger partial charge is 0.144 e.